The van der Waals surface area contributed by atoms with Crippen LogP contribution in [0.5, 0.6) is 0 Å². The second-order valence-corrected chi connectivity index (χ2v) is 8.14. The van der Waals surface area contributed by atoms with Crippen LogP contribution < -0.4 is 5.69 Å². The number of aromatic nitrogens is 4. The van der Waals surface area contributed by atoms with Crippen molar-refractivity contribution in [3.8, 4) is 11.1 Å². The fourth-order valence-electron chi connectivity index (χ4n) is 2.41. The highest BCUT2D eigenvalue weighted by Crippen LogP contribution is 2.32. The molecule has 0 saturated carbocycles. The number of H-pyrrole nitrogens is 1. The Morgan fingerprint density at radius 3 is 2.38 bits per heavy atom. The number of rotatable bonds is 3. The van der Waals surface area contributed by atoms with Crippen molar-refractivity contribution in [2.75, 3.05) is 6.26 Å². The number of hydrogen-bond acceptors (Lipinski definition) is 5. The maximum atomic E-state index is 12.2. The first-order valence-corrected chi connectivity index (χ1v) is 9.44. The number of hydrogen-bond donors (Lipinski definition) is 1. The number of halogens is 1. The van der Waals surface area contributed by atoms with Gasteiger partial charge in [-0.1, -0.05) is 37.6 Å². The third-order valence-corrected chi connectivity index (χ3v) is 4.68. The van der Waals surface area contributed by atoms with E-state index in [0.717, 1.165) is 16.3 Å². The van der Waals surface area contributed by atoms with Crippen molar-refractivity contribution in [2.45, 2.75) is 24.9 Å². The van der Waals surface area contributed by atoms with Gasteiger partial charge in [0.05, 0.1) is 11.3 Å². The van der Waals surface area contributed by atoms with Crippen LogP contribution >= 0.6 is 11.6 Å². The minimum absolute atomic E-state index is 0.0125. The van der Waals surface area contributed by atoms with Gasteiger partial charge in [0.1, 0.15) is 0 Å². The fourth-order valence-corrected chi connectivity index (χ4v) is 3.06. The van der Waals surface area contributed by atoms with Gasteiger partial charge in [0.2, 0.25) is 15.0 Å². The quantitative estimate of drug-likeness (QED) is 0.766. The molecule has 0 radical (unpaired) electrons. The Kier molecular flexibility index (Phi) is 3.97. The molecular weight excluding hydrogens is 352 g/mol. The highest BCUT2D eigenvalue weighted by Gasteiger charge is 2.22. The largest absolute Gasteiger partial charge is 0.350 e. The van der Waals surface area contributed by atoms with E-state index in [-0.39, 0.29) is 16.7 Å². The topological polar surface area (TPSA) is 97.2 Å². The first kappa shape index (κ1) is 16.7. The van der Waals surface area contributed by atoms with Gasteiger partial charge < -0.3 is 0 Å². The van der Waals surface area contributed by atoms with Crippen LogP contribution in [0.2, 0.25) is 5.02 Å². The normalized spacial score (nSPS) is 12.2. The molecule has 0 saturated heterocycles. The van der Waals surface area contributed by atoms with E-state index in [2.05, 4.69) is 15.1 Å². The molecule has 9 heteroatoms. The lowest BCUT2D eigenvalue weighted by Crippen LogP contribution is -2.22. The smallest absolute Gasteiger partial charge is 0.281 e. The monoisotopic (exact) mass is 366 g/mol. The number of nitrogens with zero attached hydrogens (tertiary/aromatic N) is 3. The molecule has 7 nitrogen and oxygen atoms in total. The maximum Gasteiger partial charge on any atom is 0.350 e. The second kappa shape index (κ2) is 5.71. The van der Waals surface area contributed by atoms with Gasteiger partial charge in [-0.15, -0.1) is 0 Å². The molecule has 24 heavy (non-hydrogen) atoms. The van der Waals surface area contributed by atoms with Crippen molar-refractivity contribution in [1.82, 2.24) is 19.6 Å². The van der Waals surface area contributed by atoms with Gasteiger partial charge in [-0.25, -0.2) is 13.2 Å². The molecule has 1 N–H and O–H groups in total. The molecule has 0 fully saturated rings. The predicted octanol–water partition coefficient (Wildman–Crippen LogP) is 2.26. The van der Waals surface area contributed by atoms with Crippen molar-refractivity contribution in [2.24, 2.45) is 0 Å². The zero-order valence-electron chi connectivity index (χ0n) is 13.2. The van der Waals surface area contributed by atoms with E-state index < -0.39 is 15.5 Å². The molecule has 0 aliphatic carbocycles. The fraction of sp³-hybridized carbons (Fsp3) is 0.267. The van der Waals surface area contributed by atoms with Gasteiger partial charge in [-0.3, -0.25) is 4.98 Å². The van der Waals surface area contributed by atoms with E-state index in [9.17, 15) is 13.2 Å². The zero-order valence-corrected chi connectivity index (χ0v) is 14.8. The highest BCUT2D eigenvalue weighted by atomic mass is 35.5. The SMILES string of the molecule is CC(C)c1nn2c(=O)[nH]c(S(C)(=O)=O)nc2c1-c1ccc(Cl)cc1. The summed E-state index contributed by atoms with van der Waals surface area (Å²) < 4.78 is 24.7. The summed E-state index contributed by atoms with van der Waals surface area (Å²) in [5.41, 5.74) is 1.59. The Morgan fingerprint density at radius 2 is 1.83 bits per heavy atom. The molecule has 126 valence electrons. The first-order valence-electron chi connectivity index (χ1n) is 7.17. The van der Waals surface area contributed by atoms with E-state index >= 15 is 0 Å². The summed E-state index contributed by atoms with van der Waals surface area (Å²) >= 11 is 5.93. The number of aromatic amines is 1. The minimum Gasteiger partial charge on any atom is -0.281 e. The molecule has 0 bridgehead atoms. The van der Waals surface area contributed by atoms with Gasteiger partial charge in [0.15, 0.2) is 5.65 Å². The van der Waals surface area contributed by atoms with Crippen LogP contribution in [0, 0.1) is 0 Å². The number of benzene rings is 1. The van der Waals surface area contributed by atoms with E-state index in [1.54, 1.807) is 24.3 Å². The third-order valence-electron chi connectivity index (χ3n) is 3.53. The lowest BCUT2D eigenvalue weighted by Gasteiger charge is -2.06. The van der Waals surface area contributed by atoms with Crippen LogP contribution in [0.15, 0.2) is 34.2 Å². The summed E-state index contributed by atoms with van der Waals surface area (Å²) in [7, 11) is -3.66. The molecule has 2 aromatic heterocycles. The highest BCUT2D eigenvalue weighted by molar-refractivity contribution is 7.90. The third kappa shape index (κ3) is 2.83. The van der Waals surface area contributed by atoms with E-state index in [0.29, 0.717) is 16.3 Å². The van der Waals surface area contributed by atoms with E-state index in [1.807, 2.05) is 13.8 Å². The van der Waals surface area contributed by atoms with Crippen LogP contribution in [0.3, 0.4) is 0 Å². The van der Waals surface area contributed by atoms with E-state index in [1.165, 1.54) is 0 Å². The Balaban J connectivity index is 2.44. The van der Waals surface area contributed by atoms with Crippen molar-refractivity contribution in [1.29, 1.82) is 0 Å². The molecule has 0 aliphatic rings. The summed E-state index contributed by atoms with van der Waals surface area (Å²) in [6.07, 6.45) is 0.990. The minimum atomic E-state index is -3.66. The maximum absolute atomic E-state index is 12.2. The average molecular weight is 367 g/mol. The van der Waals surface area contributed by atoms with Crippen LogP contribution in [-0.2, 0) is 9.84 Å². The Bertz CT molecular complexity index is 1080. The Hall–Kier alpha value is -2.19. The molecule has 0 spiro atoms. The Morgan fingerprint density at radius 1 is 1.21 bits per heavy atom. The molecule has 0 unspecified atom stereocenters. The number of fused-ring (bicyclic) bond motifs is 1. The molecule has 1 aromatic carbocycles. The number of sulfone groups is 1. The van der Waals surface area contributed by atoms with Gasteiger partial charge >= 0.3 is 5.69 Å². The van der Waals surface area contributed by atoms with Crippen molar-refractivity contribution in [3.05, 3.63) is 45.5 Å². The summed E-state index contributed by atoms with van der Waals surface area (Å²) in [6, 6.07) is 7.01. The molecule has 3 rings (SSSR count). The molecule has 2 heterocycles. The molecular formula is C15H15ClN4O3S. The van der Waals surface area contributed by atoms with Gasteiger partial charge in [0, 0.05) is 11.3 Å². The number of nitrogens with one attached hydrogen (secondary N) is 1. The zero-order chi connectivity index (χ0) is 17.6. The van der Waals surface area contributed by atoms with Gasteiger partial charge in [0.25, 0.3) is 0 Å². The molecule has 0 aliphatic heterocycles. The lowest BCUT2D eigenvalue weighted by atomic mass is 10.00. The van der Waals surface area contributed by atoms with Gasteiger partial charge in [-0.2, -0.15) is 14.6 Å². The van der Waals surface area contributed by atoms with Crippen molar-refractivity contribution >= 4 is 27.1 Å². The van der Waals surface area contributed by atoms with E-state index in [4.69, 9.17) is 11.6 Å². The van der Waals surface area contributed by atoms with Gasteiger partial charge in [-0.05, 0) is 23.6 Å². The second-order valence-electron chi connectivity index (χ2n) is 5.78. The molecule has 0 atom stereocenters. The summed E-state index contributed by atoms with van der Waals surface area (Å²) in [5.74, 6) is 0.0125. The Labute approximate surface area is 143 Å². The molecule has 0 amide bonds. The molecule has 3 aromatic rings. The van der Waals surface area contributed by atoms with Crippen LogP contribution in [0.1, 0.15) is 25.5 Å². The summed E-state index contributed by atoms with van der Waals surface area (Å²) in [4.78, 5) is 18.6. The van der Waals surface area contributed by atoms with Crippen LogP contribution in [0.4, 0.5) is 0 Å². The average Bonchev–Trinajstić information content (AvgIpc) is 2.87. The van der Waals surface area contributed by atoms with Crippen LogP contribution in [0.25, 0.3) is 16.8 Å². The first-order chi connectivity index (χ1) is 11.2. The standard InChI is InChI=1S/C15H15ClN4O3S/c1-8(2)12-11(9-4-6-10(16)7-5-9)13-17-14(24(3,22)23)18-15(21)20(13)19-12/h4-8H,1-3H3,(H,17,18,21). The summed E-state index contributed by atoms with van der Waals surface area (Å²) in [6.45, 7) is 3.87. The summed E-state index contributed by atoms with van der Waals surface area (Å²) in [5, 5.41) is 4.51. The predicted molar refractivity (Wildman–Crippen MR) is 91.3 cm³/mol. The van der Waals surface area contributed by atoms with Crippen molar-refractivity contribution in [3.63, 3.8) is 0 Å². The van der Waals surface area contributed by atoms with Crippen LogP contribution in [-0.4, -0.2) is 34.3 Å². The lowest BCUT2D eigenvalue weighted by molar-refractivity contribution is 0.590. The van der Waals surface area contributed by atoms with Crippen molar-refractivity contribution < 1.29 is 8.42 Å².